The van der Waals surface area contributed by atoms with E-state index in [0.717, 1.165) is 0 Å². The molecule has 34 heavy (non-hydrogen) atoms. The monoisotopic (exact) mass is 459 g/mol. The molecule has 9 heteroatoms. The minimum absolute atomic E-state index is 0.0894. The van der Waals surface area contributed by atoms with Crippen molar-refractivity contribution in [3.8, 4) is 0 Å². The van der Waals surface area contributed by atoms with Crippen molar-refractivity contribution >= 4 is 23.3 Å². The van der Waals surface area contributed by atoms with Crippen LogP contribution in [0, 0.1) is 0 Å². The highest BCUT2D eigenvalue weighted by Gasteiger charge is 2.42. The van der Waals surface area contributed by atoms with E-state index in [2.05, 4.69) is 10.3 Å². The first-order valence-electron chi connectivity index (χ1n) is 10.8. The van der Waals surface area contributed by atoms with Crippen LogP contribution in [-0.4, -0.2) is 40.1 Å². The molecular formula is C25H21N3O6. The van der Waals surface area contributed by atoms with Crippen LogP contribution in [0.1, 0.15) is 49.7 Å². The van der Waals surface area contributed by atoms with Gasteiger partial charge < -0.3 is 15.2 Å². The fraction of sp³-hybridized carbons (Fsp3) is 0.200. The van der Waals surface area contributed by atoms with Crippen molar-refractivity contribution in [2.75, 3.05) is 19.0 Å². The van der Waals surface area contributed by atoms with Crippen LogP contribution < -0.4 is 16.6 Å². The molecule has 2 aliphatic rings. The summed E-state index contributed by atoms with van der Waals surface area (Å²) in [4.78, 5) is 53.1. The van der Waals surface area contributed by atoms with Crippen molar-refractivity contribution in [3.63, 3.8) is 0 Å². The van der Waals surface area contributed by atoms with E-state index < -0.39 is 23.1 Å². The second-order valence-electron chi connectivity index (χ2n) is 8.17. The molecule has 2 aromatic carbocycles. The van der Waals surface area contributed by atoms with Crippen molar-refractivity contribution in [3.05, 3.63) is 103 Å². The maximum atomic E-state index is 13.5. The van der Waals surface area contributed by atoms with E-state index in [1.807, 2.05) is 12.1 Å². The Morgan fingerprint density at radius 2 is 1.76 bits per heavy atom. The number of fused-ring (bicyclic) bond motifs is 3. The fourth-order valence-corrected chi connectivity index (χ4v) is 4.70. The summed E-state index contributed by atoms with van der Waals surface area (Å²) in [5, 5.41) is 12.5. The number of hydrogen-bond donors (Lipinski definition) is 3. The zero-order valence-corrected chi connectivity index (χ0v) is 18.3. The lowest BCUT2D eigenvalue weighted by Gasteiger charge is -2.29. The number of aromatic amines is 1. The Hall–Kier alpha value is -4.24. The number of Topliss-reactive ketones (excluding diaryl/α,β-unsaturated/α-hetero) is 1. The summed E-state index contributed by atoms with van der Waals surface area (Å²) in [6.07, 6.45) is 0.538. The van der Waals surface area contributed by atoms with E-state index in [1.165, 1.54) is 16.7 Å². The summed E-state index contributed by atoms with van der Waals surface area (Å²) < 4.78 is 6.56. The number of H-pyrrole nitrogens is 1. The lowest BCUT2D eigenvalue weighted by atomic mass is 9.81. The predicted octanol–water partition coefficient (Wildman–Crippen LogP) is 2.44. The molecule has 0 bridgehead atoms. The number of ketones is 1. The molecule has 0 fully saturated rings. The van der Waals surface area contributed by atoms with Gasteiger partial charge >= 0.3 is 11.7 Å². The number of allylic oxidation sites excluding steroid dienone is 1. The number of nitrogens with zero attached hydrogens (tertiary/aromatic N) is 1. The summed E-state index contributed by atoms with van der Waals surface area (Å²) in [5.41, 5.74) is 1.88. The van der Waals surface area contributed by atoms with Gasteiger partial charge in [-0.25, -0.2) is 9.59 Å². The van der Waals surface area contributed by atoms with Gasteiger partial charge in [0.1, 0.15) is 5.82 Å². The highest BCUT2D eigenvalue weighted by atomic mass is 16.5. The van der Waals surface area contributed by atoms with Gasteiger partial charge in [-0.15, -0.1) is 0 Å². The van der Waals surface area contributed by atoms with Crippen molar-refractivity contribution in [2.24, 2.45) is 0 Å². The summed E-state index contributed by atoms with van der Waals surface area (Å²) >= 11 is 0. The number of ether oxygens (including phenoxy) is 1. The Kier molecular flexibility index (Phi) is 5.25. The fourth-order valence-electron chi connectivity index (χ4n) is 4.70. The lowest BCUT2D eigenvalue weighted by molar-refractivity contribution is 0.0696. The van der Waals surface area contributed by atoms with Gasteiger partial charge in [-0.05, 0) is 24.1 Å². The first-order chi connectivity index (χ1) is 16.4. The van der Waals surface area contributed by atoms with Crippen molar-refractivity contribution in [2.45, 2.75) is 18.9 Å². The number of aromatic nitrogens is 2. The first kappa shape index (κ1) is 21.6. The number of carbonyl (C=O) groups excluding carboxylic acids is 1. The molecule has 0 amide bonds. The van der Waals surface area contributed by atoms with E-state index >= 15 is 0 Å². The molecule has 3 aromatic rings. The Morgan fingerprint density at radius 1 is 1.06 bits per heavy atom. The molecule has 3 N–H and O–H groups in total. The third-order valence-corrected chi connectivity index (χ3v) is 6.23. The van der Waals surface area contributed by atoms with Crippen molar-refractivity contribution in [1.82, 2.24) is 9.55 Å². The van der Waals surface area contributed by atoms with Crippen LogP contribution in [0.25, 0.3) is 5.70 Å². The summed E-state index contributed by atoms with van der Waals surface area (Å²) in [5.74, 6) is -1.76. The zero-order chi connectivity index (χ0) is 24.0. The number of aromatic carboxylic acids is 1. The van der Waals surface area contributed by atoms with E-state index in [0.29, 0.717) is 53.4 Å². The average Bonchev–Trinajstić information content (AvgIpc) is 3.12. The van der Waals surface area contributed by atoms with Crippen LogP contribution in [-0.2, 0) is 11.3 Å². The van der Waals surface area contributed by atoms with Crippen LogP contribution in [0.15, 0.2) is 63.7 Å². The van der Waals surface area contributed by atoms with Gasteiger partial charge in [0.15, 0.2) is 5.78 Å². The minimum atomic E-state index is -1.08. The summed E-state index contributed by atoms with van der Waals surface area (Å²) in [6, 6.07) is 13.2. The minimum Gasteiger partial charge on any atom is -0.478 e. The van der Waals surface area contributed by atoms with Gasteiger partial charge in [0.05, 0.1) is 16.8 Å². The normalized spacial score (nSPS) is 16.0. The van der Waals surface area contributed by atoms with Gasteiger partial charge in [0.2, 0.25) is 0 Å². The standard InChI is InChI=1S/C25H21N3O6/c1-34-12-4-11-28-22-19(23(30)27-25(28)33)17(13-7-9-14(10-8-13)24(31)32)18-20(26-22)15-5-2-3-6-16(15)21(18)29/h2-3,5-10,17,26H,4,11-12H2,1H3,(H,31,32)(H,27,30,33)/t17-/m1/s1. The van der Waals surface area contributed by atoms with Gasteiger partial charge in [-0.3, -0.25) is 19.1 Å². The second kappa shape index (κ2) is 8.27. The Labute approximate surface area is 193 Å². The molecule has 1 aliphatic heterocycles. The van der Waals surface area contributed by atoms with Crippen LogP contribution in [0.4, 0.5) is 5.82 Å². The number of nitrogens with one attached hydrogen (secondary N) is 2. The Bertz CT molecular complexity index is 1480. The largest absolute Gasteiger partial charge is 0.478 e. The number of methoxy groups -OCH3 is 1. The number of anilines is 1. The van der Waals surface area contributed by atoms with Crippen LogP contribution in [0.3, 0.4) is 0 Å². The molecule has 1 aromatic heterocycles. The summed E-state index contributed by atoms with van der Waals surface area (Å²) in [7, 11) is 1.57. The van der Waals surface area contributed by atoms with E-state index in [1.54, 1.807) is 31.4 Å². The number of rotatable bonds is 6. The molecule has 0 saturated heterocycles. The van der Waals surface area contributed by atoms with Crippen molar-refractivity contribution < 1.29 is 19.4 Å². The number of carboxylic acids is 1. The van der Waals surface area contributed by atoms with Crippen LogP contribution in [0.5, 0.6) is 0 Å². The van der Waals surface area contributed by atoms with E-state index in [4.69, 9.17) is 4.74 Å². The highest BCUT2D eigenvalue weighted by Crippen LogP contribution is 2.47. The molecular weight excluding hydrogens is 438 g/mol. The maximum absolute atomic E-state index is 13.5. The number of benzene rings is 2. The third kappa shape index (κ3) is 3.29. The smallest absolute Gasteiger partial charge is 0.335 e. The number of carbonyl (C=O) groups is 2. The molecule has 2 heterocycles. The topological polar surface area (TPSA) is 130 Å². The second-order valence-corrected chi connectivity index (χ2v) is 8.17. The van der Waals surface area contributed by atoms with Gasteiger partial charge in [-0.1, -0.05) is 36.4 Å². The van der Waals surface area contributed by atoms with E-state index in [-0.39, 0.29) is 16.9 Å². The van der Waals surface area contributed by atoms with E-state index in [9.17, 15) is 24.3 Å². The van der Waals surface area contributed by atoms with Gasteiger partial charge in [0.25, 0.3) is 5.56 Å². The third-order valence-electron chi connectivity index (χ3n) is 6.23. The molecule has 0 spiro atoms. The Morgan fingerprint density at radius 3 is 2.44 bits per heavy atom. The first-order valence-corrected chi connectivity index (χ1v) is 10.8. The average molecular weight is 459 g/mol. The van der Waals surface area contributed by atoms with Gasteiger partial charge in [0, 0.05) is 42.9 Å². The molecule has 1 atom stereocenters. The molecule has 0 radical (unpaired) electrons. The molecule has 1 aliphatic carbocycles. The summed E-state index contributed by atoms with van der Waals surface area (Å²) in [6.45, 7) is 0.720. The maximum Gasteiger partial charge on any atom is 0.335 e. The Balaban J connectivity index is 1.76. The molecule has 0 saturated carbocycles. The quantitative estimate of drug-likeness (QED) is 0.483. The van der Waals surface area contributed by atoms with Crippen LogP contribution in [0.2, 0.25) is 0 Å². The molecule has 0 unspecified atom stereocenters. The molecule has 172 valence electrons. The molecule has 5 rings (SSSR count). The highest BCUT2D eigenvalue weighted by molar-refractivity contribution is 6.23. The van der Waals surface area contributed by atoms with Crippen molar-refractivity contribution in [1.29, 1.82) is 0 Å². The molecule has 9 nitrogen and oxygen atoms in total. The van der Waals surface area contributed by atoms with Gasteiger partial charge in [-0.2, -0.15) is 0 Å². The van der Waals surface area contributed by atoms with Crippen LogP contribution >= 0.6 is 0 Å². The SMILES string of the molecule is COCCCn1c2c(c(=O)[nH]c1=O)[C@H](c1ccc(C(=O)O)cc1)C1=C(N2)c2ccccc2C1=O. The number of hydrogen-bond acceptors (Lipinski definition) is 6. The zero-order valence-electron chi connectivity index (χ0n) is 18.3. The number of carboxylic acid groups (broad SMARTS) is 1. The predicted molar refractivity (Wildman–Crippen MR) is 124 cm³/mol. The lowest BCUT2D eigenvalue weighted by Crippen LogP contribution is -2.38.